The van der Waals surface area contributed by atoms with Crippen LogP contribution in [0.3, 0.4) is 0 Å². The van der Waals surface area contributed by atoms with Crippen LogP contribution >= 0.6 is 0 Å². The van der Waals surface area contributed by atoms with Gasteiger partial charge >= 0.3 is 0 Å². The minimum atomic E-state index is -0.0538. The fourth-order valence-corrected chi connectivity index (χ4v) is 5.66. The summed E-state index contributed by atoms with van der Waals surface area (Å²) in [5.41, 5.74) is 3.78. The standard InChI is InChI=1S/C34H41N9O2/c1-40-15-19-42(20-16-40)23-31(44)35-25-11-13-26(14-12-25)36-33-28-8-4-6-10-30(28)38-34(39-33)27-7-3-5-9-29(27)37-32(45)24-43-21-17-41(2)18-22-43/h3-14H,15-24H2,1-2H3,(H,35,44)(H,37,45)(H,36,38,39). The van der Waals surface area contributed by atoms with E-state index in [1.54, 1.807) is 0 Å². The van der Waals surface area contributed by atoms with Crippen LogP contribution in [0, 0.1) is 0 Å². The molecule has 45 heavy (non-hydrogen) atoms. The maximum absolute atomic E-state index is 13.0. The van der Waals surface area contributed by atoms with Crippen LogP contribution in [0.2, 0.25) is 0 Å². The number of benzene rings is 3. The zero-order valence-corrected chi connectivity index (χ0v) is 26.0. The van der Waals surface area contributed by atoms with Gasteiger partial charge in [0.1, 0.15) is 5.82 Å². The van der Waals surface area contributed by atoms with E-state index in [2.05, 4.69) is 49.6 Å². The molecular formula is C34H41N9O2. The third-order valence-electron chi connectivity index (χ3n) is 8.40. The van der Waals surface area contributed by atoms with E-state index in [4.69, 9.17) is 9.97 Å². The summed E-state index contributed by atoms with van der Waals surface area (Å²) in [6.07, 6.45) is 0. The first-order valence-electron chi connectivity index (χ1n) is 15.5. The van der Waals surface area contributed by atoms with Crippen LogP contribution in [-0.2, 0) is 9.59 Å². The van der Waals surface area contributed by atoms with Gasteiger partial charge in [0.25, 0.3) is 0 Å². The van der Waals surface area contributed by atoms with Crippen molar-refractivity contribution in [3.05, 3.63) is 72.8 Å². The van der Waals surface area contributed by atoms with E-state index in [0.29, 0.717) is 30.4 Å². The zero-order valence-electron chi connectivity index (χ0n) is 26.0. The molecule has 0 bridgehead atoms. The van der Waals surface area contributed by atoms with Crippen molar-refractivity contribution >= 4 is 45.6 Å². The first-order chi connectivity index (χ1) is 21.9. The van der Waals surface area contributed by atoms with E-state index in [9.17, 15) is 9.59 Å². The molecule has 0 aliphatic carbocycles. The maximum atomic E-state index is 13.0. The van der Waals surface area contributed by atoms with Gasteiger partial charge < -0.3 is 25.8 Å². The molecule has 4 aromatic rings. The molecule has 11 nitrogen and oxygen atoms in total. The van der Waals surface area contributed by atoms with Crippen LogP contribution in [0.4, 0.5) is 22.9 Å². The number of aromatic nitrogens is 2. The Morgan fingerprint density at radius 3 is 1.87 bits per heavy atom. The molecule has 0 spiro atoms. The quantitative estimate of drug-likeness (QED) is 0.264. The topological polar surface area (TPSA) is 109 Å². The van der Waals surface area contributed by atoms with E-state index < -0.39 is 0 Å². The SMILES string of the molecule is CN1CCN(CC(=O)Nc2ccc(Nc3nc(-c4ccccc4NC(=O)CN4CCN(C)CC4)nc4ccccc34)cc2)CC1. The Morgan fingerprint density at radius 2 is 1.20 bits per heavy atom. The Morgan fingerprint density at radius 1 is 0.644 bits per heavy atom. The molecule has 0 atom stereocenters. The molecule has 234 valence electrons. The first-order valence-corrected chi connectivity index (χ1v) is 15.5. The molecule has 3 heterocycles. The van der Waals surface area contributed by atoms with Crippen LogP contribution in [0.25, 0.3) is 22.3 Å². The van der Waals surface area contributed by atoms with Crippen molar-refractivity contribution in [2.24, 2.45) is 0 Å². The molecule has 0 unspecified atom stereocenters. The molecule has 3 aromatic carbocycles. The number of rotatable bonds is 9. The van der Waals surface area contributed by atoms with Gasteiger partial charge in [0.05, 0.1) is 24.3 Å². The number of nitrogens with zero attached hydrogens (tertiary/aromatic N) is 6. The second-order valence-electron chi connectivity index (χ2n) is 11.9. The lowest BCUT2D eigenvalue weighted by Crippen LogP contribution is -2.47. The fraction of sp³-hybridized carbons (Fsp3) is 0.353. The largest absolute Gasteiger partial charge is 0.340 e. The van der Waals surface area contributed by atoms with Crippen molar-refractivity contribution in [3.8, 4) is 11.4 Å². The lowest BCUT2D eigenvalue weighted by Gasteiger charge is -2.31. The van der Waals surface area contributed by atoms with Crippen molar-refractivity contribution in [1.29, 1.82) is 0 Å². The number of likely N-dealkylation sites (N-methyl/N-ethyl adjacent to an activating group) is 2. The predicted octanol–water partition coefficient (Wildman–Crippen LogP) is 3.41. The Kier molecular flexibility index (Phi) is 9.61. The van der Waals surface area contributed by atoms with Crippen LogP contribution in [-0.4, -0.2) is 121 Å². The minimum Gasteiger partial charge on any atom is -0.340 e. The molecule has 1 aromatic heterocycles. The summed E-state index contributed by atoms with van der Waals surface area (Å²) >= 11 is 0. The number of nitrogens with one attached hydrogen (secondary N) is 3. The van der Waals surface area contributed by atoms with Gasteiger partial charge in [-0.15, -0.1) is 0 Å². The summed E-state index contributed by atoms with van der Waals surface area (Å²) in [5.74, 6) is 1.10. The molecule has 2 fully saturated rings. The van der Waals surface area contributed by atoms with Crippen molar-refractivity contribution in [2.45, 2.75) is 0 Å². The average Bonchev–Trinajstić information content (AvgIpc) is 3.04. The van der Waals surface area contributed by atoms with E-state index in [1.807, 2.05) is 72.8 Å². The summed E-state index contributed by atoms with van der Waals surface area (Å²) in [6.45, 7) is 8.15. The predicted molar refractivity (Wildman–Crippen MR) is 180 cm³/mol. The minimum absolute atomic E-state index is 0.0130. The van der Waals surface area contributed by atoms with Crippen LogP contribution < -0.4 is 16.0 Å². The summed E-state index contributed by atoms with van der Waals surface area (Å²) in [6, 6.07) is 23.1. The number of amides is 2. The Bertz CT molecular complexity index is 1630. The highest BCUT2D eigenvalue weighted by Crippen LogP contribution is 2.31. The fourth-order valence-electron chi connectivity index (χ4n) is 5.66. The third kappa shape index (κ3) is 8.00. The lowest BCUT2D eigenvalue weighted by molar-refractivity contribution is -0.118. The van der Waals surface area contributed by atoms with Crippen LogP contribution in [0.15, 0.2) is 72.8 Å². The third-order valence-corrected chi connectivity index (χ3v) is 8.40. The average molecular weight is 608 g/mol. The van der Waals surface area contributed by atoms with Gasteiger partial charge in [-0.25, -0.2) is 9.97 Å². The van der Waals surface area contributed by atoms with Crippen molar-refractivity contribution in [1.82, 2.24) is 29.6 Å². The molecule has 2 saturated heterocycles. The smallest absolute Gasteiger partial charge is 0.238 e. The van der Waals surface area contributed by atoms with Gasteiger partial charge in [-0.3, -0.25) is 19.4 Å². The zero-order chi connectivity index (χ0) is 31.2. The van der Waals surface area contributed by atoms with E-state index >= 15 is 0 Å². The number of carbonyl (C=O) groups excluding carboxylic acids is 2. The summed E-state index contributed by atoms with van der Waals surface area (Å²) in [4.78, 5) is 44.4. The highest BCUT2D eigenvalue weighted by atomic mass is 16.2. The van der Waals surface area contributed by atoms with E-state index in [0.717, 1.165) is 80.2 Å². The van der Waals surface area contributed by atoms with Gasteiger partial charge in [-0.1, -0.05) is 24.3 Å². The van der Waals surface area contributed by atoms with Gasteiger partial charge in [0, 0.05) is 74.7 Å². The molecule has 3 N–H and O–H groups in total. The molecule has 0 radical (unpaired) electrons. The Labute approximate surface area is 264 Å². The van der Waals surface area contributed by atoms with Gasteiger partial charge in [0.15, 0.2) is 5.82 Å². The first kappa shape index (κ1) is 30.6. The van der Waals surface area contributed by atoms with Gasteiger partial charge in [-0.05, 0) is 62.6 Å². The lowest BCUT2D eigenvalue weighted by atomic mass is 10.1. The molecule has 6 rings (SSSR count). The number of fused-ring (bicyclic) bond motifs is 1. The van der Waals surface area contributed by atoms with Crippen molar-refractivity contribution < 1.29 is 9.59 Å². The second kappa shape index (κ2) is 14.1. The van der Waals surface area contributed by atoms with E-state index in [1.165, 1.54) is 0 Å². The van der Waals surface area contributed by atoms with Crippen LogP contribution in [0.1, 0.15) is 0 Å². The molecule has 2 aliphatic rings. The molecule has 2 aliphatic heterocycles. The Hall–Kier alpha value is -4.42. The second-order valence-corrected chi connectivity index (χ2v) is 11.9. The Balaban J connectivity index is 1.17. The van der Waals surface area contributed by atoms with E-state index in [-0.39, 0.29) is 11.8 Å². The molecule has 0 saturated carbocycles. The van der Waals surface area contributed by atoms with Gasteiger partial charge in [-0.2, -0.15) is 0 Å². The van der Waals surface area contributed by atoms with Crippen molar-refractivity contribution in [2.75, 3.05) is 95.5 Å². The molecule has 2 amide bonds. The maximum Gasteiger partial charge on any atom is 0.238 e. The number of carbonyl (C=O) groups is 2. The number of piperazine rings is 2. The van der Waals surface area contributed by atoms with Crippen molar-refractivity contribution in [3.63, 3.8) is 0 Å². The van der Waals surface area contributed by atoms with Crippen LogP contribution in [0.5, 0.6) is 0 Å². The van der Waals surface area contributed by atoms with Gasteiger partial charge in [0.2, 0.25) is 11.8 Å². The highest BCUT2D eigenvalue weighted by Gasteiger charge is 2.19. The normalized spacial score (nSPS) is 16.8. The number of para-hydroxylation sites is 2. The number of hydrogen-bond acceptors (Lipinski definition) is 9. The number of anilines is 4. The highest BCUT2D eigenvalue weighted by molar-refractivity contribution is 5.98. The summed E-state index contributed by atoms with van der Waals surface area (Å²) in [7, 11) is 4.21. The molecule has 11 heteroatoms. The summed E-state index contributed by atoms with van der Waals surface area (Å²) < 4.78 is 0. The molecular weight excluding hydrogens is 566 g/mol. The monoisotopic (exact) mass is 607 g/mol. The number of hydrogen-bond donors (Lipinski definition) is 3. The summed E-state index contributed by atoms with van der Waals surface area (Å²) in [5, 5.41) is 10.4.